The number of H-pyrrole nitrogens is 1. The minimum Gasteiger partial charge on any atom is -0.324 e. The van der Waals surface area contributed by atoms with E-state index in [1.54, 1.807) is 24.3 Å². The van der Waals surface area contributed by atoms with Gasteiger partial charge in [0, 0.05) is 5.02 Å². The van der Waals surface area contributed by atoms with Crippen molar-refractivity contribution < 1.29 is 4.90 Å². The molecule has 1 aliphatic rings. The molecule has 1 aromatic heterocycles. The number of nitrogens with zero attached hydrogens (tertiary/aromatic N) is 1. The molecule has 0 radical (unpaired) electrons. The molecule has 1 aromatic carbocycles. The van der Waals surface area contributed by atoms with Gasteiger partial charge in [0.1, 0.15) is 17.9 Å². The normalized spacial score (nSPS) is 17.2. The van der Waals surface area contributed by atoms with Gasteiger partial charge in [0.25, 0.3) is 5.56 Å². The Labute approximate surface area is 132 Å². The molecule has 1 atom stereocenters. The van der Waals surface area contributed by atoms with Crippen LogP contribution in [0.5, 0.6) is 0 Å². The maximum Gasteiger partial charge on any atom is 0.334 e. The van der Waals surface area contributed by atoms with Gasteiger partial charge in [0.15, 0.2) is 6.67 Å². The molecule has 6 nitrogen and oxygen atoms in total. The number of rotatable bonds is 2. The highest BCUT2D eigenvalue weighted by Crippen LogP contribution is 2.19. The number of fused-ring (bicyclic) bond motifs is 1. The lowest BCUT2D eigenvalue weighted by molar-refractivity contribution is -0.933. The fourth-order valence-electron chi connectivity index (χ4n) is 2.68. The van der Waals surface area contributed by atoms with Gasteiger partial charge in [-0.15, -0.1) is 0 Å². The van der Waals surface area contributed by atoms with Gasteiger partial charge in [-0.25, -0.2) is 9.36 Å². The highest BCUT2D eigenvalue weighted by atomic mass is 35.5. The van der Waals surface area contributed by atoms with Crippen LogP contribution >= 0.6 is 11.6 Å². The number of halogens is 1. The van der Waals surface area contributed by atoms with Gasteiger partial charge in [-0.3, -0.25) is 9.78 Å². The Hall–Kier alpha value is -2.05. The molecular weight excluding hydrogens is 304 g/mol. The van der Waals surface area contributed by atoms with E-state index in [9.17, 15) is 9.59 Å². The fourth-order valence-corrected chi connectivity index (χ4v) is 2.86. The zero-order chi connectivity index (χ0) is 15.9. The van der Waals surface area contributed by atoms with Gasteiger partial charge in [-0.1, -0.05) is 17.7 Å². The molecule has 0 saturated carbocycles. The van der Waals surface area contributed by atoms with Crippen LogP contribution in [0.15, 0.2) is 33.9 Å². The Morgan fingerprint density at radius 3 is 2.77 bits per heavy atom. The highest BCUT2D eigenvalue weighted by molar-refractivity contribution is 6.30. The Balaban J connectivity index is 2.20. The zero-order valence-corrected chi connectivity index (χ0v) is 13.2. The van der Waals surface area contributed by atoms with Crippen LogP contribution in [-0.4, -0.2) is 22.3 Å². The molecular formula is C15H18ClN4O2+. The van der Waals surface area contributed by atoms with Gasteiger partial charge in [0.2, 0.25) is 0 Å². The number of hydrogen-bond acceptors (Lipinski definition) is 3. The van der Waals surface area contributed by atoms with E-state index in [1.807, 2.05) is 0 Å². The van der Waals surface area contributed by atoms with E-state index in [0.29, 0.717) is 41.3 Å². The first-order valence-electron chi connectivity index (χ1n) is 7.20. The van der Waals surface area contributed by atoms with Crippen LogP contribution in [0.1, 0.15) is 19.4 Å². The summed E-state index contributed by atoms with van der Waals surface area (Å²) in [5.74, 6) is 0.556. The van der Waals surface area contributed by atoms with Crippen molar-refractivity contribution in [1.29, 1.82) is 0 Å². The van der Waals surface area contributed by atoms with E-state index in [2.05, 4.69) is 24.1 Å². The van der Waals surface area contributed by atoms with Crippen molar-refractivity contribution in [1.82, 2.24) is 9.55 Å². The lowest BCUT2D eigenvalue weighted by Gasteiger charge is -2.30. The molecule has 3 rings (SSSR count). The van der Waals surface area contributed by atoms with Crippen molar-refractivity contribution in [3.8, 4) is 5.69 Å². The number of hydrogen-bond donors (Lipinski definition) is 3. The molecule has 2 heterocycles. The molecule has 0 fully saturated rings. The standard InChI is InChI=1S/C15H17ClN4O2/c1-9(2)19-7-12-13(17-8-19)20(15(22)18-14(12)21)11-5-3-4-10(16)6-11/h3-6,9,17H,7-8H2,1-2H3,(H,18,21,22)/p+1. The average Bonchev–Trinajstić information content (AvgIpc) is 2.47. The Bertz CT molecular complexity index is 825. The van der Waals surface area contributed by atoms with E-state index in [4.69, 9.17) is 11.6 Å². The van der Waals surface area contributed by atoms with E-state index >= 15 is 0 Å². The van der Waals surface area contributed by atoms with Crippen molar-refractivity contribution in [3.63, 3.8) is 0 Å². The van der Waals surface area contributed by atoms with Gasteiger partial charge < -0.3 is 10.2 Å². The van der Waals surface area contributed by atoms with Crippen molar-refractivity contribution in [3.05, 3.63) is 55.7 Å². The summed E-state index contributed by atoms with van der Waals surface area (Å²) in [5.41, 5.74) is 0.426. The van der Waals surface area contributed by atoms with E-state index in [-0.39, 0.29) is 5.56 Å². The van der Waals surface area contributed by atoms with Crippen molar-refractivity contribution in [2.75, 3.05) is 12.0 Å². The fraction of sp³-hybridized carbons (Fsp3) is 0.333. The van der Waals surface area contributed by atoms with Crippen molar-refractivity contribution in [2.45, 2.75) is 26.4 Å². The Kier molecular flexibility index (Phi) is 3.80. The molecule has 0 bridgehead atoms. The summed E-state index contributed by atoms with van der Waals surface area (Å²) >= 11 is 6.01. The second-order valence-electron chi connectivity index (χ2n) is 5.74. The summed E-state index contributed by atoms with van der Waals surface area (Å²) < 4.78 is 1.47. The van der Waals surface area contributed by atoms with Crippen LogP contribution in [0.2, 0.25) is 5.02 Å². The Morgan fingerprint density at radius 1 is 1.32 bits per heavy atom. The summed E-state index contributed by atoms with van der Waals surface area (Å²) in [5, 5.41) is 3.76. The van der Waals surface area contributed by atoms with Crippen LogP contribution in [0.25, 0.3) is 5.69 Å². The van der Waals surface area contributed by atoms with Crippen LogP contribution in [0.3, 0.4) is 0 Å². The SMILES string of the molecule is CC(C)[NH+]1CNc2c(c(=O)[nH]c(=O)n2-c2cccc(Cl)c2)C1. The molecule has 22 heavy (non-hydrogen) atoms. The number of benzene rings is 1. The van der Waals surface area contributed by atoms with Crippen LogP contribution in [-0.2, 0) is 6.54 Å². The van der Waals surface area contributed by atoms with E-state index in [1.165, 1.54) is 9.47 Å². The zero-order valence-electron chi connectivity index (χ0n) is 12.4. The second-order valence-corrected chi connectivity index (χ2v) is 6.18. The van der Waals surface area contributed by atoms with E-state index in [0.717, 1.165) is 0 Å². The number of aromatic nitrogens is 2. The minimum absolute atomic E-state index is 0.330. The molecule has 1 unspecified atom stereocenters. The molecule has 1 aliphatic heterocycles. The summed E-state index contributed by atoms with van der Waals surface area (Å²) in [6.07, 6.45) is 0. The average molecular weight is 322 g/mol. The first-order chi connectivity index (χ1) is 10.5. The maximum absolute atomic E-state index is 12.3. The minimum atomic E-state index is -0.466. The van der Waals surface area contributed by atoms with Gasteiger partial charge in [0.05, 0.1) is 11.7 Å². The molecule has 0 saturated heterocycles. The van der Waals surface area contributed by atoms with Gasteiger partial charge >= 0.3 is 5.69 Å². The largest absolute Gasteiger partial charge is 0.334 e. The van der Waals surface area contributed by atoms with Crippen LogP contribution < -0.4 is 21.5 Å². The monoisotopic (exact) mass is 321 g/mol. The summed E-state index contributed by atoms with van der Waals surface area (Å²) in [6, 6.07) is 7.38. The third-order valence-corrected chi connectivity index (χ3v) is 4.21. The first-order valence-corrected chi connectivity index (χ1v) is 7.57. The van der Waals surface area contributed by atoms with Crippen LogP contribution in [0.4, 0.5) is 5.82 Å². The van der Waals surface area contributed by atoms with Gasteiger partial charge in [-0.2, -0.15) is 0 Å². The smallest absolute Gasteiger partial charge is 0.324 e. The molecule has 3 N–H and O–H groups in total. The topological polar surface area (TPSA) is 71.3 Å². The molecule has 2 aromatic rings. The molecule has 7 heteroatoms. The maximum atomic E-state index is 12.3. The summed E-state index contributed by atoms with van der Waals surface area (Å²) in [6.45, 7) is 5.44. The third kappa shape index (κ3) is 2.55. The number of aromatic amines is 1. The Morgan fingerprint density at radius 2 is 2.09 bits per heavy atom. The molecule has 0 aliphatic carbocycles. The first kappa shape index (κ1) is 14.9. The lowest BCUT2D eigenvalue weighted by atomic mass is 10.2. The van der Waals surface area contributed by atoms with Crippen LogP contribution in [0, 0.1) is 0 Å². The number of quaternary nitrogens is 1. The third-order valence-electron chi connectivity index (χ3n) is 3.98. The van der Waals surface area contributed by atoms with E-state index < -0.39 is 5.69 Å². The highest BCUT2D eigenvalue weighted by Gasteiger charge is 2.27. The predicted octanol–water partition coefficient (Wildman–Crippen LogP) is 0.355. The molecule has 116 valence electrons. The molecule has 0 spiro atoms. The number of nitrogens with one attached hydrogen (secondary N) is 3. The summed E-state index contributed by atoms with van der Waals surface area (Å²) in [7, 11) is 0. The van der Waals surface area contributed by atoms with Crippen molar-refractivity contribution in [2.24, 2.45) is 0 Å². The van der Waals surface area contributed by atoms with Crippen molar-refractivity contribution >= 4 is 17.4 Å². The summed E-state index contributed by atoms with van der Waals surface area (Å²) in [4.78, 5) is 28.1. The quantitative estimate of drug-likeness (QED) is 0.748. The molecule has 0 amide bonds. The second kappa shape index (κ2) is 5.62. The van der Waals surface area contributed by atoms with Gasteiger partial charge in [-0.05, 0) is 32.0 Å². The predicted molar refractivity (Wildman–Crippen MR) is 86.0 cm³/mol. The lowest BCUT2D eigenvalue weighted by Crippen LogP contribution is -3.15. The number of anilines is 1.